The molecular weight excluding hydrogens is 218 g/mol. The van der Waals surface area contributed by atoms with Gasteiger partial charge in [-0.05, 0) is 31.5 Å². The van der Waals surface area contributed by atoms with Gasteiger partial charge in [0.1, 0.15) is 0 Å². The van der Waals surface area contributed by atoms with Crippen LogP contribution in [0.1, 0.15) is 19.4 Å². The number of hydrogen-bond acceptors (Lipinski definition) is 3. The lowest BCUT2D eigenvalue weighted by Crippen LogP contribution is -2.28. The Morgan fingerprint density at radius 3 is 2.94 bits per heavy atom. The van der Waals surface area contributed by atoms with E-state index in [1.807, 2.05) is 26.2 Å². The summed E-state index contributed by atoms with van der Waals surface area (Å²) >= 11 is 1.69. The van der Waals surface area contributed by atoms with Crippen molar-refractivity contribution < 1.29 is 0 Å². The quantitative estimate of drug-likeness (QED) is 0.699. The highest BCUT2D eigenvalue weighted by Crippen LogP contribution is 2.29. The fraction of sp³-hybridized carbons (Fsp3) is 0.250. The molecule has 2 N–H and O–H groups in total. The first-order valence-electron chi connectivity index (χ1n) is 5.21. The Hall–Kier alpha value is -1.39. The third kappa shape index (κ3) is 1.34. The second kappa shape index (κ2) is 3.06. The van der Waals surface area contributed by atoms with E-state index in [4.69, 9.17) is 5.73 Å². The molecule has 0 bridgehead atoms. The van der Waals surface area contributed by atoms with E-state index in [9.17, 15) is 0 Å². The van der Waals surface area contributed by atoms with Gasteiger partial charge in [-0.25, -0.2) is 4.98 Å². The topological polar surface area (TPSA) is 43.3 Å². The SMILES string of the molecule is CC(C)(N)c1ccc2c(c1)sc1nccn12. The van der Waals surface area contributed by atoms with Crippen molar-refractivity contribution in [1.82, 2.24) is 9.38 Å². The highest BCUT2D eigenvalue weighted by atomic mass is 32.1. The summed E-state index contributed by atoms with van der Waals surface area (Å²) in [6.07, 6.45) is 3.81. The third-order valence-corrected chi connectivity index (χ3v) is 3.80. The number of benzene rings is 1. The van der Waals surface area contributed by atoms with Crippen LogP contribution in [0, 0.1) is 0 Å². The summed E-state index contributed by atoms with van der Waals surface area (Å²) in [4.78, 5) is 5.33. The van der Waals surface area contributed by atoms with Crippen LogP contribution in [0.3, 0.4) is 0 Å². The van der Waals surface area contributed by atoms with Crippen LogP contribution in [-0.4, -0.2) is 9.38 Å². The van der Waals surface area contributed by atoms with Crippen LogP contribution in [0.25, 0.3) is 15.2 Å². The van der Waals surface area contributed by atoms with Crippen molar-refractivity contribution >= 4 is 26.5 Å². The van der Waals surface area contributed by atoms with Gasteiger partial charge >= 0.3 is 0 Å². The van der Waals surface area contributed by atoms with E-state index in [1.165, 1.54) is 10.2 Å². The van der Waals surface area contributed by atoms with Crippen LogP contribution in [0.5, 0.6) is 0 Å². The predicted molar refractivity (Wildman–Crippen MR) is 67.8 cm³/mol. The van der Waals surface area contributed by atoms with Crippen molar-refractivity contribution in [3.63, 3.8) is 0 Å². The van der Waals surface area contributed by atoms with Crippen LogP contribution in [0.4, 0.5) is 0 Å². The average molecular weight is 231 g/mol. The maximum Gasteiger partial charge on any atom is 0.194 e. The summed E-state index contributed by atoms with van der Waals surface area (Å²) < 4.78 is 3.34. The number of imidazole rings is 1. The van der Waals surface area contributed by atoms with Crippen molar-refractivity contribution in [3.05, 3.63) is 36.2 Å². The molecule has 0 amide bonds. The molecule has 82 valence electrons. The van der Waals surface area contributed by atoms with Gasteiger partial charge in [-0.2, -0.15) is 0 Å². The molecule has 0 saturated heterocycles. The molecule has 0 saturated carbocycles. The number of hydrogen-bond donors (Lipinski definition) is 1. The number of nitrogens with two attached hydrogens (primary N) is 1. The number of fused-ring (bicyclic) bond motifs is 3. The number of nitrogens with zero attached hydrogens (tertiary/aromatic N) is 2. The van der Waals surface area contributed by atoms with Gasteiger partial charge in [0, 0.05) is 17.9 Å². The van der Waals surface area contributed by atoms with E-state index in [1.54, 1.807) is 11.3 Å². The fourth-order valence-corrected chi connectivity index (χ4v) is 2.87. The molecule has 0 fully saturated rings. The number of thiazole rings is 1. The Bertz CT molecular complexity index is 658. The van der Waals surface area contributed by atoms with Crippen molar-refractivity contribution in [1.29, 1.82) is 0 Å². The molecule has 1 aromatic carbocycles. The van der Waals surface area contributed by atoms with E-state index >= 15 is 0 Å². The molecule has 3 aromatic rings. The predicted octanol–water partition coefficient (Wildman–Crippen LogP) is 2.74. The van der Waals surface area contributed by atoms with Gasteiger partial charge in [-0.3, -0.25) is 4.40 Å². The lowest BCUT2D eigenvalue weighted by Gasteiger charge is -2.18. The van der Waals surface area contributed by atoms with E-state index in [-0.39, 0.29) is 5.54 Å². The van der Waals surface area contributed by atoms with Gasteiger partial charge in [-0.1, -0.05) is 17.4 Å². The van der Waals surface area contributed by atoms with E-state index < -0.39 is 0 Å². The molecule has 3 nitrogen and oxygen atoms in total. The molecule has 0 spiro atoms. The maximum atomic E-state index is 6.10. The summed E-state index contributed by atoms with van der Waals surface area (Å²) in [6.45, 7) is 4.04. The summed E-state index contributed by atoms with van der Waals surface area (Å²) in [5.74, 6) is 0. The van der Waals surface area contributed by atoms with E-state index in [0.29, 0.717) is 0 Å². The first-order chi connectivity index (χ1) is 7.55. The first kappa shape index (κ1) is 9.81. The Labute approximate surface area is 97.5 Å². The van der Waals surface area contributed by atoms with Gasteiger partial charge in [0.25, 0.3) is 0 Å². The van der Waals surface area contributed by atoms with Gasteiger partial charge in [-0.15, -0.1) is 0 Å². The Kier molecular flexibility index (Phi) is 1.87. The second-order valence-electron chi connectivity index (χ2n) is 4.59. The molecule has 0 unspecified atom stereocenters. The lowest BCUT2D eigenvalue weighted by molar-refractivity contribution is 0.555. The van der Waals surface area contributed by atoms with Crippen molar-refractivity contribution in [2.45, 2.75) is 19.4 Å². The highest BCUT2D eigenvalue weighted by molar-refractivity contribution is 7.23. The van der Waals surface area contributed by atoms with E-state index in [0.717, 1.165) is 10.5 Å². The Morgan fingerprint density at radius 2 is 2.19 bits per heavy atom. The zero-order chi connectivity index (χ0) is 11.3. The van der Waals surface area contributed by atoms with Crippen molar-refractivity contribution in [2.75, 3.05) is 0 Å². The van der Waals surface area contributed by atoms with E-state index in [2.05, 4.69) is 27.6 Å². The largest absolute Gasteiger partial charge is 0.322 e. The summed E-state index contributed by atoms with van der Waals surface area (Å²) in [6, 6.07) is 6.37. The zero-order valence-electron chi connectivity index (χ0n) is 9.27. The minimum absolute atomic E-state index is 0.291. The van der Waals surface area contributed by atoms with Crippen molar-refractivity contribution in [2.24, 2.45) is 5.73 Å². The molecule has 4 heteroatoms. The zero-order valence-corrected chi connectivity index (χ0v) is 10.1. The molecule has 0 aliphatic heterocycles. The van der Waals surface area contributed by atoms with Crippen molar-refractivity contribution in [3.8, 4) is 0 Å². The lowest BCUT2D eigenvalue weighted by atomic mass is 9.96. The fourth-order valence-electron chi connectivity index (χ4n) is 1.84. The molecule has 0 atom stereocenters. The molecule has 2 aromatic heterocycles. The minimum atomic E-state index is -0.291. The maximum absolute atomic E-state index is 6.10. The van der Waals surface area contributed by atoms with Crippen LogP contribution in [-0.2, 0) is 5.54 Å². The Morgan fingerprint density at radius 1 is 1.38 bits per heavy atom. The highest BCUT2D eigenvalue weighted by Gasteiger charge is 2.15. The average Bonchev–Trinajstić information content (AvgIpc) is 2.74. The van der Waals surface area contributed by atoms with Gasteiger partial charge < -0.3 is 5.73 Å². The summed E-state index contributed by atoms with van der Waals surface area (Å²) in [7, 11) is 0. The molecular formula is C12H13N3S. The van der Waals surface area contributed by atoms with Crippen LogP contribution >= 0.6 is 11.3 Å². The molecule has 0 aliphatic carbocycles. The van der Waals surface area contributed by atoms with Gasteiger partial charge in [0.05, 0.1) is 10.2 Å². The van der Waals surface area contributed by atoms with Gasteiger partial charge in [0.2, 0.25) is 0 Å². The smallest absolute Gasteiger partial charge is 0.194 e. The Balaban J connectivity index is 2.33. The van der Waals surface area contributed by atoms with Crippen LogP contribution in [0.15, 0.2) is 30.6 Å². The molecule has 16 heavy (non-hydrogen) atoms. The molecule has 2 heterocycles. The monoisotopic (exact) mass is 231 g/mol. The van der Waals surface area contributed by atoms with Crippen LogP contribution < -0.4 is 5.73 Å². The number of aromatic nitrogens is 2. The second-order valence-corrected chi connectivity index (χ2v) is 5.60. The third-order valence-electron chi connectivity index (χ3n) is 2.77. The molecule has 3 rings (SSSR count). The summed E-state index contributed by atoms with van der Waals surface area (Å²) in [5, 5.41) is 0. The molecule has 0 radical (unpaired) electrons. The minimum Gasteiger partial charge on any atom is -0.322 e. The van der Waals surface area contributed by atoms with Gasteiger partial charge in [0.15, 0.2) is 4.96 Å². The molecule has 0 aliphatic rings. The summed E-state index contributed by atoms with van der Waals surface area (Å²) in [5.41, 5.74) is 8.16. The number of rotatable bonds is 1. The standard InChI is InChI=1S/C12H13N3S/c1-12(2,13)8-3-4-9-10(7-8)16-11-14-5-6-15(9)11/h3-7H,13H2,1-2H3. The van der Waals surface area contributed by atoms with Crippen LogP contribution in [0.2, 0.25) is 0 Å². The first-order valence-corrected chi connectivity index (χ1v) is 6.02. The normalized spacial score (nSPS) is 12.7.